The number of thioether (sulfide) groups is 1. The second kappa shape index (κ2) is 8.55. The number of hydrogen-bond acceptors (Lipinski definition) is 5. The molecule has 0 saturated heterocycles. The number of phenolic OH excluding ortho intramolecular Hbond substituents is 1. The molecule has 0 radical (unpaired) electrons. The minimum atomic E-state index is -1.08. The molecular weight excluding hydrogens is 322 g/mol. The second-order valence-corrected chi connectivity index (χ2v) is 5.96. The van der Waals surface area contributed by atoms with Crippen LogP contribution in [0, 0.1) is 0 Å². The molecule has 1 aromatic carbocycles. The van der Waals surface area contributed by atoms with Gasteiger partial charge in [0.1, 0.15) is 12.3 Å². The third-order valence-corrected chi connectivity index (χ3v) is 3.82. The van der Waals surface area contributed by atoms with Crippen LogP contribution in [0.2, 0.25) is 0 Å². The number of carbonyl (C=O) groups excluding carboxylic acids is 1. The number of carboxylic acid groups (broad SMARTS) is 1. The third-order valence-electron chi connectivity index (χ3n) is 2.89. The summed E-state index contributed by atoms with van der Waals surface area (Å²) in [7, 11) is 1.42. The van der Waals surface area contributed by atoms with Crippen molar-refractivity contribution in [1.82, 2.24) is 4.90 Å². The van der Waals surface area contributed by atoms with E-state index in [-0.39, 0.29) is 12.3 Å². The largest absolute Gasteiger partial charge is 0.508 e. The van der Waals surface area contributed by atoms with Crippen LogP contribution in [0.25, 0.3) is 6.08 Å². The SMILES string of the molecule is CCc1cc(/C=C(\SC=S)C(=O)N(C)CC(=O)O)ccc1O. The van der Waals surface area contributed by atoms with E-state index in [0.717, 1.165) is 27.8 Å². The summed E-state index contributed by atoms with van der Waals surface area (Å²) >= 11 is 5.83. The number of phenols is 1. The smallest absolute Gasteiger partial charge is 0.323 e. The summed E-state index contributed by atoms with van der Waals surface area (Å²) in [5, 5.41) is 18.4. The molecule has 0 aliphatic carbocycles. The number of benzene rings is 1. The fraction of sp³-hybridized carbons (Fsp3) is 0.267. The monoisotopic (exact) mass is 339 g/mol. The van der Waals surface area contributed by atoms with E-state index >= 15 is 0 Å². The van der Waals surface area contributed by atoms with Crippen molar-refractivity contribution in [2.75, 3.05) is 13.6 Å². The van der Waals surface area contributed by atoms with Gasteiger partial charge in [0.15, 0.2) is 0 Å². The predicted octanol–water partition coefficient (Wildman–Crippen LogP) is 2.53. The van der Waals surface area contributed by atoms with Gasteiger partial charge in [-0.2, -0.15) is 0 Å². The third kappa shape index (κ3) is 5.16. The maximum atomic E-state index is 12.3. The Bertz CT molecular complexity index is 614. The normalized spacial score (nSPS) is 11.1. The van der Waals surface area contributed by atoms with Crippen LogP contribution in [-0.4, -0.2) is 45.3 Å². The van der Waals surface area contributed by atoms with Crippen molar-refractivity contribution in [2.45, 2.75) is 13.3 Å². The Morgan fingerprint density at radius 2 is 2.09 bits per heavy atom. The van der Waals surface area contributed by atoms with Gasteiger partial charge in [0, 0.05) is 11.7 Å². The summed E-state index contributed by atoms with van der Waals surface area (Å²) in [6.45, 7) is 1.53. The summed E-state index contributed by atoms with van der Waals surface area (Å²) in [4.78, 5) is 24.4. The van der Waals surface area contributed by atoms with Crippen LogP contribution in [0.5, 0.6) is 5.75 Å². The first-order valence-electron chi connectivity index (χ1n) is 6.50. The van der Waals surface area contributed by atoms with E-state index < -0.39 is 11.9 Å². The molecule has 1 amide bonds. The molecule has 118 valence electrons. The molecule has 22 heavy (non-hydrogen) atoms. The Kier molecular flexibility index (Phi) is 7.07. The molecule has 0 saturated carbocycles. The van der Waals surface area contributed by atoms with Gasteiger partial charge < -0.3 is 15.1 Å². The topological polar surface area (TPSA) is 77.8 Å². The summed E-state index contributed by atoms with van der Waals surface area (Å²) in [6, 6.07) is 5.03. The molecule has 1 rings (SSSR count). The fourth-order valence-electron chi connectivity index (χ4n) is 1.79. The highest BCUT2D eigenvalue weighted by atomic mass is 32.2. The number of amides is 1. The molecule has 0 fully saturated rings. The first-order valence-corrected chi connectivity index (χ1v) is 7.85. The lowest BCUT2D eigenvalue weighted by Gasteiger charge is -2.15. The van der Waals surface area contributed by atoms with E-state index in [1.807, 2.05) is 6.92 Å². The Balaban J connectivity index is 3.10. The van der Waals surface area contributed by atoms with Gasteiger partial charge in [0.25, 0.3) is 5.91 Å². The van der Waals surface area contributed by atoms with Crippen LogP contribution in [0.1, 0.15) is 18.1 Å². The van der Waals surface area contributed by atoms with Crippen molar-refractivity contribution in [3.8, 4) is 5.75 Å². The summed E-state index contributed by atoms with van der Waals surface area (Å²) in [5.41, 5.74) is 1.51. The number of carboxylic acids is 1. The molecule has 2 N–H and O–H groups in total. The second-order valence-electron chi connectivity index (χ2n) is 4.52. The lowest BCUT2D eigenvalue weighted by Crippen LogP contribution is -2.32. The van der Waals surface area contributed by atoms with Crippen LogP contribution in [0.3, 0.4) is 0 Å². The Morgan fingerprint density at radius 1 is 1.41 bits per heavy atom. The number of thiocarbonyl (C=S) groups is 1. The number of nitrogens with zero attached hydrogens (tertiary/aromatic N) is 1. The van der Waals surface area contributed by atoms with Crippen molar-refractivity contribution in [3.05, 3.63) is 34.2 Å². The lowest BCUT2D eigenvalue weighted by molar-refractivity contribution is -0.141. The van der Waals surface area contributed by atoms with E-state index in [1.165, 1.54) is 11.7 Å². The lowest BCUT2D eigenvalue weighted by atomic mass is 10.1. The molecule has 1 aromatic rings. The van der Waals surface area contributed by atoms with Crippen LogP contribution < -0.4 is 0 Å². The molecule has 0 aliphatic rings. The van der Waals surface area contributed by atoms with Crippen molar-refractivity contribution in [2.24, 2.45) is 0 Å². The molecule has 5 nitrogen and oxygen atoms in total. The van der Waals surface area contributed by atoms with Gasteiger partial charge >= 0.3 is 5.97 Å². The average Bonchev–Trinajstić information content (AvgIpc) is 2.47. The predicted molar refractivity (Wildman–Crippen MR) is 92.0 cm³/mol. The number of aliphatic carboxylic acids is 1. The molecule has 0 unspecified atom stereocenters. The first kappa shape index (κ1) is 18.2. The number of hydrogen-bond donors (Lipinski definition) is 2. The average molecular weight is 339 g/mol. The summed E-state index contributed by atoms with van der Waals surface area (Å²) in [5.74, 6) is -1.29. The van der Waals surface area contributed by atoms with Gasteiger partial charge in [-0.1, -0.05) is 37.0 Å². The Hall–Kier alpha value is -1.86. The van der Waals surface area contributed by atoms with Crippen LogP contribution in [0.15, 0.2) is 23.1 Å². The van der Waals surface area contributed by atoms with E-state index in [9.17, 15) is 14.7 Å². The minimum absolute atomic E-state index is 0.206. The summed E-state index contributed by atoms with van der Waals surface area (Å²) in [6.07, 6.45) is 2.29. The van der Waals surface area contributed by atoms with Crippen molar-refractivity contribution in [1.29, 1.82) is 0 Å². The molecule has 7 heteroatoms. The van der Waals surface area contributed by atoms with Crippen LogP contribution >= 0.6 is 24.0 Å². The molecule has 0 spiro atoms. The standard InChI is InChI=1S/C15H17NO4S2/c1-3-11-6-10(4-5-12(11)17)7-13(22-9-21)15(20)16(2)8-14(18)19/h4-7,9,17H,3,8H2,1-2H3,(H,18,19)/b13-7-. The van der Waals surface area contributed by atoms with Gasteiger partial charge in [-0.15, -0.1) is 0 Å². The maximum Gasteiger partial charge on any atom is 0.323 e. The molecule has 0 heterocycles. The molecule has 0 aliphatic heterocycles. The van der Waals surface area contributed by atoms with Crippen molar-refractivity contribution in [3.63, 3.8) is 0 Å². The van der Waals surface area contributed by atoms with E-state index in [1.54, 1.807) is 24.3 Å². The molecule has 0 aromatic heterocycles. The van der Waals surface area contributed by atoms with E-state index in [0.29, 0.717) is 11.3 Å². The highest BCUT2D eigenvalue weighted by Crippen LogP contribution is 2.24. The van der Waals surface area contributed by atoms with Gasteiger partial charge in [-0.3, -0.25) is 9.59 Å². The Morgan fingerprint density at radius 3 is 2.64 bits per heavy atom. The van der Waals surface area contributed by atoms with Crippen LogP contribution in [0.4, 0.5) is 0 Å². The highest BCUT2D eigenvalue weighted by Gasteiger charge is 2.17. The zero-order valence-corrected chi connectivity index (χ0v) is 13.9. The first-order chi connectivity index (χ1) is 10.4. The maximum absolute atomic E-state index is 12.3. The van der Waals surface area contributed by atoms with Gasteiger partial charge in [-0.05, 0) is 35.8 Å². The number of aromatic hydroxyl groups is 1. The zero-order chi connectivity index (χ0) is 16.7. The minimum Gasteiger partial charge on any atom is -0.508 e. The van der Waals surface area contributed by atoms with Gasteiger partial charge in [-0.25, -0.2) is 0 Å². The number of carbonyl (C=O) groups is 2. The number of likely N-dealkylation sites (N-methyl/N-ethyl adjacent to an activating group) is 1. The van der Waals surface area contributed by atoms with Crippen molar-refractivity contribution >= 4 is 46.6 Å². The quantitative estimate of drug-likeness (QED) is 0.587. The van der Waals surface area contributed by atoms with Crippen LogP contribution in [-0.2, 0) is 16.0 Å². The van der Waals surface area contributed by atoms with Gasteiger partial charge in [0.05, 0.1) is 4.91 Å². The molecule has 0 bridgehead atoms. The van der Waals surface area contributed by atoms with Crippen molar-refractivity contribution < 1.29 is 19.8 Å². The van der Waals surface area contributed by atoms with E-state index in [4.69, 9.17) is 17.3 Å². The number of aryl methyl sites for hydroxylation is 1. The zero-order valence-electron chi connectivity index (χ0n) is 12.3. The molecular formula is C15H17NO4S2. The summed E-state index contributed by atoms with van der Waals surface area (Å²) < 4.78 is 1.35. The number of rotatable bonds is 7. The van der Waals surface area contributed by atoms with Gasteiger partial charge in [0.2, 0.25) is 0 Å². The highest BCUT2D eigenvalue weighted by molar-refractivity contribution is 8.24. The Labute approximate surface area is 138 Å². The fourth-order valence-corrected chi connectivity index (χ4v) is 2.67. The molecule has 0 atom stereocenters. The van der Waals surface area contributed by atoms with E-state index in [2.05, 4.69) is 0 Å².